The largest absolute Gasteiger partial charge is 0.748 e. The summed E-state index contributed by atoms with van der Waals surface area (Å²) in [6, 6.07) is 20.0. The molecule has 0 heterocycles. The van der Waals surface area contributed by atoms with Crippen molar-refractivity contribution in [2.24, 2.45) is 5.73 Å². The fourth-order valence-corrected chi connectivity index (χ4v) is 0.642. The molecule has 0 spiro atoms. The van der Waals surface area contributed by atoms with E-state index in [1.54, 1.807) is 6.08 Å². The van der Waals surface area contributed by atoms with Crippen LogP contribution < -0.4 is 5.73 Å². The minimum atomic E-state index is 0. The Bertz CT molecular complexity index is 198. The van der Waals surface area contributed by atoms with Gasteiger partial charge in [-0.05, 0) is 0 Å². The van der Waals surface area contributed by atoms with E-state index in [4.69, 9.17) is 5.73 Å². The molecule has 0 amide bonds. The van der Waals surface area contributed by atoms with Crippen LogP contribution in [-0.2, 0) is 17.1 Å². The van der Waals surface area contributed by atoms with Gasteiger partial charge < -0.3 is 36.1 Å². The fraction of sp³-hybridized carbons (Fsp3) is 0.0769. The van der Waals surface area contributed by atoms with Crippen LogP contribution in [0.25, 0.3) is 0 Å². The smallest absolute Gasteiger partial charge is 0.0104 e. The molecule has 0 aliphatic carbocycles. The Labute approximate surface area is 103 Å². The van der Waals surface area contributed by atoms with Gasteiger partial charge in [0.25, 0.3) is 0 Å². The van der Waals surface area contributed by atoms with Gasteiger partial charge in [-0.1, -0.05) is 6.08 Å². The second-order valence-corrected chi connectivity index (χ2v) is 2.45. The quantitative estimate of drug-likeness (QED) is 0.465. The predicted octanol–water partition coefficient (Wildman–Crippen LogP) is 2.94. The van der Waals surface area contributed by atoms with Gasteiger partial charge >= 0.3 is 0 Å². The first kappa shape index (κ1) is 16.4. The molecule has 15 heavy (non-hydrogen) atoms. The van der Waals surface area contributed by atoms with E-state index in [2.05, 4.69) is 6.58 Å². The van der Waals surface area contributed by atoms with Gasteiger partial charge in [-0.3, -0.25) is 0 Å². The first-order valence-corrected chi connectivity index (χ1v) is 4.56. The summed E-state index contributed by atoms with van der Waals surface area (Å²) in [5.41, 5.74) is 4.91. The van der Waals surface area contributed by atoms with Crippen LogP contribution in [0.15, 0.2) is 73.3 Å². The zero-order valence-corrected chi connectivity index (χ0v) is 9.80. The average molecular weight is 243 g/mol. The molecular weight excluding hydrogens is 226 g/mol. The minimum absolute atomic E-state index is 0. The molecule has 2 aromatic carbocycles. The van der Waals surface area contributed by atoms with Crippen molar-refractivity contribution < 1.29 is 17.1 Å². The maximum atomic E-state index is 4.91. The third-order valence-corrected chi connectivity index (χ3v) is 1.28. The van der Waals surface area contributed by atoms with Gasteiger partial charge in [0.15, 0.2) is 0 Å². The molecule has 0 radical (unpaired) electrons. The van der Waals surface area contributed by atoms with Crippen LogP contribution >= 0.6 is 0 Å². The van der Waals surface area contributed by atoms with Crippen molar-refractivity contribution >= 4 is 0 Å². The van der Waals surface area contributed by atoms with Crippen LogP contribution in [0.2, 0.25) is 0 Å². The van der Waals surface area contributed by atoms with Crippen molar-refractivity contribution in [1.29, 1.82) is 0 Å². The molecule has 0 aliphatic rings. The molecule has 0 atom stereocenters. The van der Waals surface area contributed by atoms with E-state index in [1.807, 2.05) is 60.7 Å². The summed E-state index contributed by atoms with van der Waals surface area (Å²) in [5, 5.41) is 0. The second kappa shape index (κ2) is 15.4. The molecule has 0 aromatic heterocycles. The standard InChI is InChI=1S/2C5H5.C3H7N.Fe/c2*1-2-4-5-3-1;1-2-3-4;/h2*1-5H;2H,1,3-4H2;/q-5;-1;;. The van der Waals surface area contributed by atoms with Gasteiger partial charge in [0.05, 0.1) is 0 Å². The van der Waals surface area contributed by atoms with E-state index in [0.29, 0.717) is 6.54 Å². The van der Waals surface area contributed by atoms with E-state index in [1.165, 1.54) is 0 Å². The Morgan fingerprint density at radius 2 is 1.33 bits per heavy atom. The van der Waals surface area contributed by atoms with Crippen LogP contribution in [0.3, 0.4) is 0 Å². The maximum Gasteiger partial charge on any atom is 0.0104 e. The summed E-state index contributed by atoms with van der Waals surface area (Å²) in [6.45, 7) is 3.94. The summed E-state index contributed by atoms with van der Waals surface area (Å²) >= 11 is 0. The Kier molecular flexibility index (Phi) is 16.8. The van der Waals surface area contributed by atoms with Crippen LogP contribution in [0.1, 0.15) is 0 Å². The SMILES string of the molecule is C=CCN.[Fe].[cH-]1[cH-][cH-][cH-][cH-]1.c1cc[cH-]c1. The number of nitrogens with two attached hydrogens (primary N) is 1. The van der Waals surface area contributed by atoms with Gasteiger partial charge in [0.1, 0.15) is 0 Å². The van der Waals surface area contributed by atoms with E-state index >= 15 is 0 Å². The van der Waals surface area contributed by atoms with Crippen molar-refractivity contribution in [2.45, 2.75) is 0 Å². The number of hydrogen-bond donors (Lipinski definition) is 1. The number of rotatable bonds is 1. The molecule has 0 bridgehead atoms. The Morgan fingerprint density at radius 3 is 1.47 bits per heavy atom. The zero-order chi connectivity index (χ0) is 10.5. The van der Waals surface area contributed by atoms with Crippen LogP contribution in [0, 0.1) is 0 Å². The molecule has 2 heteroatoms. The molecule has 0 fully saturated rings. The summed E-state index contributed by atoms with van der Waals surface area (Å²) in [5.74, 6) is 0. The van der Waals surface area contributed by atoms with Gasteiger partial charge in [0.2, 0.25) is 0 Å². The normalized spacial score (nSPS) is 7.00. The first-order chi connectivity index (χ1) is 6.91. The topological polar surface area (TPSA) is 26.0 Å². The fourth-order valence-electron chi connectivity index (χ4n) is 0.642. The van der Waals surface area contributed by atoms with Crippen molar-refractivity contribution in [3.8, 4) is 0 Å². The van der Waals surface area contributed by atoms with Crippen molar-refractivity contribution in [3.05, 3.63) is 73.3 Å². The third kappa shape index (κ3) is 15.7. The van der Waals surface area contributed by atoms with Gasteiger partial charge in [-0.25, -0.2) is 12.1 Å². The zero-order valence-electron chi connectivity index (χ0n) is 8.70. The van der Waals surface area contributed by atoms with Crippen molar-refractivity contribution in [2.75, 3.05) is 6.54 Å². The molecule has 0 saturated heterocycles. The van der Waals surface area contributed by atoms with Gasteiger partial charge in [-0.15, -0.1) is 6.58 Å². The monoisotopic (exact) mass is 243 g/mol. The summed E-state index contributed by atoms with van der Waals surface area (Å²) in [6.07, 6.45) is 1.65. The summed E-state index contributed by atoms with van der Waals surface area (Å²) < 4.78 is 0. The second-order valence-electron chi connectivity index (χ2n) is 2.45. The van der Waals surface area contributed by atoms with E-state index in [9.17, 15) is 0 Å². The minimum Gasteiger partial charge on any atom is -0.748 e. The molecule has 2 rings (SSSR count). The Hall–Kier alpha value is -1.08. The molecule has 2 N–H and O–H groups in total. The van der Waals surface area contributed by atoms with Gasteiger partial charge in [-0.2, -0.15) is 18.2 Å². The van der Waals surface area contributed by atoms with Crippen LogP contribution in [0.5, 0.6) is 0 Å². The van der Waals surface area contributed by atoms with Crippen LogP contribution in [0.4, 0.5) is 0 Å². The summed E-state index contributed by atoms with van der Waals surface area (Å²) in [4.78, 5) is 0. The first-order valence-electron chi connectivity index (χ1n) is 4.56. The Morgan fingerprint density at radius 1 is 1.00 bits per heavy atom. The number of hydrogen-bond acceptors (Lipinski definition) is 1. The van der Waals surface area contributed by atoms with E-state index in [0.717, 1.165) is 0 Å². The molecule has 88 valence electrons. The van der Waals surface area contributed by atoms with Crippen molar-refractivity contribution in [3.63, 3.8) is 0 Å². The average Bonchev–Trinajstić information content (AvgIpc) is 2.94. The molecule has 0 aliphatic heterocycles. The van der Waals surface area contributed by atoms with Crippen molar-refractivity contribution in [1.82, 2.24) is 0 Å². The van der Waals surface area contributed by atoms with Crippen LogP contribution in [-0.4, -0.2) is 6.54 Å². The molecule has 0 saturated carbocycles. The predicted molar refractivity (Wildman–Crippen MR) is 63.3 cm³/mol. The Balaban J connectivity index is 0. The van der Waals surface area contributed by atoms with Gasteiger partial charge in [0, 0.05) is 23.6 Å². The third-order valence-electron chi connectivity index (χ3n) is 1.28. The molecular formula is C13H17FeN-6. The van der Waals surface area contributed by atoms with E-state index in [-0.39, 0.29) is 17.1 Å². The molecule has 2 aromatic rings. The molecule has 0 unspecified atom stereocenters. The molecule has 1 nitrogen and oxygen atoms in total. The summed E-state index contributed by atoms with van der Waals surface area (Å²) in [7, 11) is 0. The maximum absolute atomic E-state index is 4.91. The van der Waals surface area contributed by atoms with E-state index < -0.39 is 0 Å².